The van der Waals surface area contributed by atoms with Crippen molar-refractivity contribution in [2.45, 2.75) is 25.8 Å². The first-order chi connectivity index (χ1) is 13.3. The molecule has 1 fully saturated rings. The number of carbonyl (C=O) groups excluding carboxylic acids is 1. The zero-order chi connectivity index (χ0) is 18.4. The molecule has 1 saturated heterocycles. The van der Waals surface area contributed by atoms with Crippen LogP contribution >= 0.6 is 0 Å². The molecule has 2 heterocycles. The van der Waals surface area contributed by atoms with E-state index < -0.39 is 0 Å². The van der Waals surface area contributed by atoms with Gasteiger partial charge in [-0.25, -0.2) is 4.98 Å². The first-order valence-electron chi connectivity index (χ1n) is 9.49. The number of hydrogen-bond donors (Lipinski definition) is 0. The fraction of sp³-hybridized carbons (Fsp3) is 0.217. The molecular weight excluding hydrogens is 334 g/mol. The van der Waals surface area contributed by atoms with Crippen molar-refractivity contribution in [3.63, 3.8) is 0 Å². The number of aromatic nitrogens is 2. The van der Waals surface area contributed by atoms with Crippen LogP contribution in [0.5, 0.6) is 0 Å². The zero-order valence-electron chi connectivity index (χ0n) is 15.3. The number of fused-ring (bicyclic) bond motifs is 2. The predicted molar refractivity (Wildman–Crippen MR) is 109 cm³/mol. The molecule has 1 aliphatic heterocycles. The van der Waals surface area contributed by atoms with Gasteiger partial charge in [-0.2, -0.15) is 0 Å². The highest BCUT2D eigenvalue weighted by Gasteiger charge is 2.35. The number of imidazole rings is 1. The van der Waals surface area contributed by atoms with Crippen LogP contribution in [0.4, 0.5) is 5.69 Å². The molecule has 0 radical (unpaired) electrons. The van der Waals surface area contributed by atoms with E-state index in [0.717, 1.165) is 39.9 Å². The molecule has 1 aromatic heterocycles. The Labute approximate surface area is 158 Å². The summed E-state index contributed by atoms with van der Waals surface area (Å²) in [5, 5.41) is 2.28. The highest BCUT2D eigenvalue weighted by Crippen LogP contribution is 2.36. The van der Waals surface area contributed by atoms with E-state index in [1.165, 1.54) is 0 Å². The third kappa shape index (κ3) is 2.52. The summed E-state index contributed by atoms with van der Waals surface area (Å²) >= 11 is 0. The Morgan fingerprint density at radius 3 is 2.67 bits per heavy atom. The molecule has 27 heavy (non-hydrogen) atoms. The molecule has 4 aromatic rings. The number of rotatable bonds is 3. The van der Waals surface area contributed by atoms with Gasteiger partial charge in [0.05, 0.1) is 16.7 Å². The van der Waals surface area contributed by atoms with Gasteiger partial charge in [0.25, 0.3) is 0 Å². The van der Waals surface area contributed by atoms with Crippen LogP contribution in [-0.4, -0.2) is 22.0 Å². The zero-order valence-corrected chi connectivity index (χ0v) is 15.3. The van der Waals surface area contributed by atoms with E-state index in [1.807, 2.05) is 47.4 Å². The van der Waals surface area contributed by atoms with Gasteiger partial charge in [-0.05, 0) is 30.5 Å². The SMILES string of the molecule is CCn1c(C2CC(=O)N(c3cccc4ccccc34)C2)nc2ccccc21. The van der Waals surface area contributed by atoms with Gasteiger partial charge < -0.3 is 9.47 Å². The van der Waals surface area contributed by atoms with Crippen LogP contribution in [0.25, 0.3) is 21.8 Å². The molecule has 4 heteroatoms. The van der Waals surface area contributed by atoms with E-state index in [-0.39, 0.29) is 11.8 Å². The number of hydrogen-bond acceptors (Lipinski definition) is 2. The van der Waals surface area contributed by atoms with Crippen LogP contribution in [0, 0.1) is 0 Å². The summed E-state index contributed by atoms with van der Waals surface area (Å²) in [6.45, 7) is 3.67. The van der Waals surface area contributed by atoms with Gasteiger partial charge in [0, 0.05) is 30.8 Å². The third-order valence-corrected chi connectivity index (χ3v) is 5.55. The Balaban J connectivity index is 1.56. The lowest BCUT2D eigenvalue weighted by Gasteiger charge is -2.19. The van der Waals surface area contributed by atoms with E-state index >= 15 is 0 Å². The standard InChI is InChI=1S/C23H21N3O/c1-2-25-21-12-6-5-11-19(21)24-23(25)17-14-22(27)26(15-17)20-13-7-9-16-8-3-4-10-18(16)20/h3-13,17H,2,14-15H2,1H3. The number of aryl methyl sites for hydroxylation is 1. The molecule has 0 bridgehead atoms. The lowest BCUT2D eigenvalue weighted by molar-refractivity contribution is -0.117. The first-order valence-corrected chi connectivity index (χ1v) is 9.49. The molecule has 1 unspecified atom stereocenters. The Hall–Kier alpha value is -3.14. The molecule has 0 spiro atoms. The van der Waals surface area contributed by atoms with Crippen molar-refractivity contribution in [2.75, 3.05) is 11.4 Å². The van der Waals surface area contributed by atoms with Crippen LogP contribution in [0.1, 0.15) is 25.1 Å². The third-order valence-electron chi connectivity index (χ3n) is 5.55. The van der Waals surface area contributed by atoms with Crippen LogP contribution in [0.3, 0.4) is 0 Å². The average Bonchev–Trinajstić information content (AvgIpc) is 3.27. The number of para-hydroxylation sites is 2. The Morgan fingerprint density at radius 2 is 1.78 bits per heavy atom. The Morgan fingerprint density at radius 1 is 1.00 bits per heavy atom. The summed E-state index contributed by atoms with van der Waals surface area (Å²) in [6, 6.07) is 22.6. The van der Waals surface area contributed by atoms with Crippen molar-refractivity contribution in [1.29, 1.82) is 0 Å². The summed E-state index contributed by atoms with van der Waals surface area (Å²) in [4.78, 5) is 19.7. The molecule has 0 N–H and O–H groups in total. The lowest BCUT2D eigenvalue weighted by Crippen LogP contribution is -2.24. The molecular formula is C23H21N3O. The fourth-order valence-corrected chi connectivity index (χ4v) is 4.30. The van der Waals surface area contributed by atoms with Crippen LogP contribution in [-0.2, 0) is 11.3 Å². The van der Waals surface area contributed by atoms with E-state index in [9.17, 15) is 4.79 Å². The van der Waals surface area contributed by atoms with Gasteiger partial charge >= 0.3 is 0 Å². The quantitative estimate of drug-likeness (QED) is 0.533. The smallest absolute Gasteiger partial charge is 0.227 e. The minimum absolute atomic E-state index is 0.115. The number of carbonyl (C=O) groups is 1. The monoisotopic (exact) mass is 355 g/mol. The molecule has 1 atom stereocenters. The predicted octanol–water partition coefficient (Wildman–Crippen LogP) is 4.73. The van der Waals surface area contributed by atoms with Gasteiger partial charge in [-0.15, -0.1) is 0 Å². The molecule has 3 aromatic carbocycles. The van der Waals surface area contributed by atoms with Crippen LogP contribution < -0.4 is 4.90 Å². The molecule has 134 valence electrons. The largest absolute Gasteiger partial charge is 0.328 e. The molecule has 0 aliphatic carbocycles. The molecule has 0 saturated carbocycles. The highest BCUT2D eigenvalue weighted by atomic mass is 16.2. The normalized spacial score (nSPS) is 17.3. The van der Waals surface area contributed by atoms with Crippen molar-refractivity contribution in [3.05, 3.63) is 72.6 Å². The topological polar surface area (TPSA) is 38.1 Å². The summed E-state index contributed by atoms with van der Waals surface area (Å²) in [6.07, 6.45) is 0.506. The second-order valence-corrected chi connectivity index (χ2v) is 7.11. The maximum atomic E-state index is 12.9. The first kappa shape index (κ1) is 16.1. The highest BCUT2D eigenvalue weighted by molar-refractivity contribution is 6.05. The van der Waals surface area contributed by atoms with Gasteiger partial charge in [0.1, 0.15) is 5.82 Å². The van der Waals surface area contributed by atoms with Crippen molar-refractivity contribution in [3.8, 4) is 0 Å². The lowest BCUT2D eigenvalue weighted by atomic mass is 10.1. The Bertz CT molecular complexity index is 1160. The minimum Gasteiger partial charge on any atom is -0.328 e. The molecule has 5 rings (SSSR count). The summed E-state index contributed by atoms with van der Waals surface area (Å²) < 4.78 is 2.25. The van der Waals surface area contributed by atoms with Crippen LogP contribution in [0.2, 0.25) is 0 Å². The Kier molecular flexibility index (Phi) is 3.71. The maximum absolute atomic E-state index is 12.9. The molecule has 1 aliphatic rings. The van der Waals surface area contributed by atoms with E-state index in [1.54, 1.807) is 0 Å². The summed E-state index contributed by atoms with van der Waals surface area (Å²) in [7, 11) is 0. The minimum atomic E-state index is 0.115. The van der Waals surface area contributed by atoms with Crippen LogP contribution in [0.15, 0.2) is 66.7 Å². The van der Waals surface area contributed by atoms with E-state index in [2.05, 4.69) is 35.8 Å². The second-order valence-electron chi connectivity index (χ2n) is 7.11. The summed E-state index contributed by atoms with van der Waals surface area (Å²) in [5.74, 6) is 1.31. The number of nitrogens with zero attached hydrogens (tertiary/aromatic N) is 3. The van der Waals surface area contributed by atoms with E-state index in [4.69, 9.17) is 4.98 Å². The maximum Gasteiger partial charge on any atom is 0.227 e. The van der Waals surface area contributed by atoms with E-state index in [0.29, 0.717) is 13.0 Å². The summed E-state index contributed by atoms with van der Waals surface area (Å²) in [5.41, 5.74) is 3.15. The van der Waals surface area contributed by atoms with Crippen molar-refractivity contribution < 1.29 is 4.79 Å². The van der Waals surface area contributed by atoms with Gasteiger partial charge in [0.15, 0.2) is 0 Å². The van der Waals surface area contributed by atoms with Crippen molar-refractivity contribution in [2.24, 2.45) is 0 Å². The molecule has 1 amide bonds. The number of benzene rings is 3. The van der Waals surface area contributed by atoms with Gasteiger partial charge in [0.2, 0.25) is 5.91 Å². The second kappa shape index (κ2) is 6.23. The molecule has 4 nitrogen and oxygen atoms in total. The van der Waals surface area contributed by atoms with Crippen molar-refractivity contribution in [1.82, 2.24) is 9.55 Å². The van der Waals surface area contributed by atoms with Crippen molar-refractivity contribution >= 4 is 33.4 Å². The number of amides is 1. The average molecular weight is 355 g/mol. The van der Waals surface area contributed by atoms with Gasteiger partial charge in [-0.3, -0.25) is 4.79 Å². The fourth-order valence-electron chi connectivity index (χ4n) is 4.30. The number of anilines is 1. The van der Waals surface area contributed by atoms with Gasteiger partial charge in [-0.1, -0.05) is 48.5 Å².